The first-order valence-electron chi connectivity index (χ1n) is 8.57. The zero-order valence-corrected chi connectivity index (χ0v) is 15.4. The lowest BCUT2D eigenvalue weighted by atomic mass is 10.1. The van der Waals surface area contributed by atoms with Crippen molar-refractivity contribution in [3.05, 3.63) is 48.0 Å². The first-order chi connectivity index (χ1) is 12.7. The maximum atomic E-state index is 12.8. The van der Waals surface area contributed by atoms with Crippen LogP contribution in [0.3, 0.4) is 0 Å². The predicted octanol–water partition coefficient (Wildman–Crippen LogP) is 2.67. The Hall–Kier alpha value is -2.89. The molecule has 2 aromatic carbocycles. The molecule has 26 heavy (non-hydrogen) atoms. The van der Waals surface area contributed by atoms with Crippen molar-refractivity contribution in [1.82, 2.24) is 4.90 Å². The molecular formula is C20H24N2O4. The summed E-state index contributed by atoms with van der Waals surface area (Å²) in [4.78, 5) is 16.9. The number of rotatable bonds is 5. The highest BCUT2D eigenvalue weighted by Gasteiger charge is 2.24. The summed E-state index contributed by atoms with van der Waals surface area (Å²) in [7, 11) is 4.82. The van der Waals surface area contributed by atoms with Gasteiger partial charge < -0.3 is 24.0 Å². The van der Waals surface area contributed by atoms with Gasteiger partial charge in [0.2, 0.25) is 0 Å². The van der Waals surface area contributed by atoms with Crippen LogP contribution < -0.4 is 19.1 Å². The first kappa shape index (κ1) is 17.9. The number of methoxy groups -OCH3 is 3. The van der Waals surface area contributed by atoms with E-state index in [2.05, 4.69) is 4.90 Å². The third-order valence-corrected chi connectivity index (χ3v) is 4.62. The molecule has 1 amide bonds. The molecule has 0 N–H and O–H groups in total. The number of para-hydroxylation sites is 2. The van der Waals surface area contributed by atoms with E-state index in [0.717, 1.165) is 24.5 Å². The van der Waals surface area contributed by atoms with Gasteiger partial charge in [-0.05, 0) is 30.3 Å². The van der Waals surface area contributed by atoms with Crippen molar-refractivity contribution in [3.63, 3.8) is 0 Å². The maximum Gasteiger partial charge on any atom is 0.254 e. The Kier molecular flexibility index (Phi) is 5.51. The van der Waals surface area contributed by atoms with Crippen LogP contribution in [-0.4, -0.2) is 58.3 Å². The summed E-state index contributed by atoms with van der Waals surface area (Å²) in [6.45, 7) is 2.84. The molecule has 6 heteroatoms. The molecule has 0 aliphatic carbocycles. The molecule has 1 saturated heterocycles. The van der Waals surface area contributed by atoms with E-state index in [1.807, 2.05) is 29.2 Å². The lowest BCUT2D eigenvalue weighted by Gasteiger charge is -2.36. The van der Waals surface area contributed by atoms with Crippen LogP contribution in [0.2, 0.25) is 0 Å². The molecule has 3 rings (SSSR count). The van der Waals surface area contributed by atoms with Crippen LogP contribution in [0.1, 0.15) is 10.4 Å². The number of ether oxygens (including phenoxy) is 3. The van der Waals surface area contributed by atoms with Crippen molar-refractivity contribution in [2.45, 2.75) is 0 Å². The lowest BCUT2D eigenvalue weighted by Crippen LogP contribution is -2.48. The molecule has 1 aliphatic rings. The van der Waals surface area contributed by atoms with Gasteiger partial charge in [0.05, 0.1) is 27.0 Å². The summed E-state index contributed by atoms with van der Waals surface area (Å²) in [5.41, 5.74) is 1.67. The molecule has 0 spiro atoms. The molecule has 0 atom stereocenters. The molecule has 138 valence electrons. The standard InChI is InChI=1S/C20H24N2O4/c1-24-17-7-5-4-6-16(17)21-10-12-22(13-11-21)20(23)15-8-9-18(25-2)19(14-15)26-3/h4-9,14H,10-13H2,1-3H3. The Morgan fingerprint density at radius 1 is 0.808 bits per heavy atom. The first-order valence-corrected chi connectivity index (χ1v) is 8.57. The minimum absolute atomic E-state index is 0.00521. The second kappa shape index (κ2) is 7.99. The summed E-state index contributed by atoms with van der Waals surface area (Å²) >= 11 is 0. The van der Waals surface area contributed by atoms with E-state index in [9.17, 15) is 4.79 Å². The van der Waals surface area contributed by atoms with Crippen LogP contribution in [0, 0.1) is 0 Å². The maximum absolute atomic E-state index is 12.8. The second-order valence-corrected chi connectivity index (χ2v) is 6.02. The molecule has 2 aromatic rings. The van der Waals surface area contributed by atoms with Crippen LogP contribution in [0.25, 0.3) is 0 Å². The molecule has 0 saturated carbocycles. The second-order valence-electron chi connectivity index (χ2n) is 6.02. The average molecular weight is 356 g/mol. The molecule has 0 unspecified atom stereocenters. The fourth-order valence-electron chi connectivity index (χ4n) is 3.19. The van der Waals surface area contributed by atoms with E-state index >= 15 is 0 Å². The SMILES string of the molecule is COc1ccc(C(=O)N2CCN(c3ccccc3OC)CC2)cc1OC. The zero-order chi connectivity index (χ0) is 18.5. The van der Waals surface area contributed by atoms with Gasteiger partial charge in [0.25, 0.3) is 5.91 Å². The van der Waals surface area contributed by atoms with Crippen molar-refractivity contribution >= 4 is 11.6 Å². The Labute approximate surface area is 153 Å². The van der Waals surface area contributed by atoms with Crippen LogP contribution >= 0.6 is 0 Å². The van der Waals surface area contributed by atoms with E-state index in [0.29, 0.717) is 30.2 Å². The van der Waals surface area contributed by atoms with Crippen LogP contribution in [0.4, 0.5) is 5.69 Å². The third kappa shape index (κ3) is 3.54. The topological polar surface area (TPSA) is 51.2 Å². The molecule has 0 aromatic heterocycles. The predicted molar refractivity (Wildman–Crippen MR) is 101 cm³/mol. The molecule has 0 bridgehead atoms. The van der Waals surface area contributed by atoms with Gasteiger partial charge in [0, 0.05) is 31.7 Å². The van der Waals surface area contributed by atoms with Gasteiger partial charge in [-0.15, -0.1) is 0 Å². The van der Waals surface area contributed by atoms with E-state index in [1.54, 1.807) is 39.5 Å². The van der Waals surface area contributed by atoms with Gasteiger partial charge in [0.1, 0.15) is 5.75 Å². The highest BCUT2D eigenvalue weighted by molar-refractivity contribution is 5.95. The van der Waals surface area contributed by atoms with Crippen molar-refractivity contribution in [2.24, 2.45) is 0 Å². The summed E-state index contributed by atoms with van der Waals surface area (Å²) in [6, 6.07) is 13.2. The van der Waals surface area contributed by atoms with Crippen LogP contribution in [0.5, 0.6) is 17.2 Å². The van der Waals surface area contributed by atoms with Gasteiger partial charge >= 0.3 is 0 Å². The van der Waals surface area contributed by atoms with Gasteiger partial charge in [-0.1, -0.05) is 12.1 Å². The van der Waals surface area contributed by atoms with Gasteiger partial charge in [0.15, 0.2) is 11.5 Å². The molecular weight excluding hydrogens is 332 g/mol. The number of anilines is 1. The highest BCUT2D eigenvalue weighted by atomic mass is 16.5. The zero-order valence-electron chi connectivity index (χ0n) is 15.4. The molecule has 1 fully saturated rings. The molecule has 1 heterocycles. The van der Waals surface area contributed by atoms with Gasteiger partial charge in [-0.2, -0.15) is 0 Å². The van der Waals surface area contributed by atoms with Gasteiger partial charge in [-0.3, -0.25) is 4.79 Å². The normalized spacial score (nSPS) is 14.1. The van der Waals surface area contributed by atoms with Crippen molar-refractivity contribution in [3.8, 4) is 17.2 Å². The number of hydrogen-bond acceptors (Lipinski definition) is 5. The number of piperazine rings is 1. The fraction of sp³-hybridized carbons (Fsp3) is 0.350. The van der Waals surface area contributed by atoms with Gasteiger partial charge in [-0.25, -0.2) is 0 Å². The minimum atomic E-state index is 0.00521. The Balaban J connectivity index is 1.69. The number of nitrogens with zero attached hydrogens (tertiary/aromatic N) is 2. The summed E-state index contributed by atoms with van der Waals surface area (Å²) in [5, 5.41) is 0. The average Bonchev–Trinajstić information content (AvgIpc) is 2.72. The lowest BCUT2D eigenvalue weighted by molar-refractivity contribution is 0.0746. The van der Waals surface area contributed by atoms with E-state index in [4.69, 9.17) is 14.2 Å². The molecule has 0 radical (unpaired) electrons. The third-order valence-electron chi connectivity index (χ3n) is 4.62. The molecule has 6 nitrogen and oxygen atoms in total. The Morgan fingerprint density at radius 3 is 2.12 bits per heavy atom. The number of carbonyl (C=O) groups is 1. The monoisotopic (exact) mass is 356 g/mol. The minimum Gasteiger partial charge on any atom is -0.495 e. The molecule has 1 aliphatic heterocycles. The smallest absolute Gasteiger partial charge is 0.254 e. The van der Waals surface area contributed by atoms with Crippen molar-refractivity contribution in [2.75, 3.05) is 52.4 Å². The van der Waals surface area contributed by atoms with E-state index in [-0.39, 0.29) is 5.91 Å². The number of amides is 1. The number of hydrogen-bond donors (Lipinski definition) is 0. The van der Waals surface area contributed by atoms with E-state index in [1.165, 1.54) is 0 Å². The largest absolute Gasteiger partial charge is 0.495 e. The highest BCUT2D eigenvalue weighted by Crippen LogP contribution is 2.30. The quantitative estimate of drug-likeness (QED) is 0.824. The summed E-state index contributed by atoms with van der Waals surface area (Å²) in [5.74, 6) is 2.04. The fourth-order valence-corrected chi connectivity index (χ4v) is 3.19. The Bertz CT molecular complexity index is 770. The summed E-state index contributed by atoms with van der Waals surface area (Å²) < 4.78 is 16.0. The Morgan fingerprint density at radius 2 is 1.46 bits per heavy atom. The number of carbonyl (C=O) groups excluding carboxylic acids is 1. The summed E-state index contributed by atoms with van der Waals surface area (Å²) in [6.07, 6.45) is 0. The van der Waals surface area contributed by atoms with Crippen LogP contribution in [0.15, 0.2) is 42.5 Å². The van der Waals surface area contributed by atoms with Crippen molar-refractivity contribution in [1.29, 1.82) is 0 Å². The van der Waals surface area contributed by atoms with E-state index < -0.39 is 0 Å². The van der Waals surface area contributed by atoms with Crippen LogP contribution in [-0.2, 0) is 0 Å². The number of benzene rings is 2. The van der Waals surface area contributed by atoms with Crippen molar-refractivity contribution < 1.29 is 19.0 Å².